The monoisotopic (exact) mass is 481 g/mol. The quantitative estimate of drug-likeness (QED) is 0.279. The molecule has 0 atom stereocenters. The Bertz CT molecular complexity index is 1260. The third-order valence-corrected chi connectivity index (χ3v) is 5.62. The van der Waals surface area contributed by atoms with Crippen LogP contribution in [0.4, 0.5) is 22.4 Å². The lowest BCUT2D eigenvalue weighted by molar-refractivity contribution is -0.0500. The van der Waals surface area contributed by atoms with Gasteiger partial charge in [0.15, 0.2) is 5.75 Å². The van der Waals surface area contributed by atoms with E-state index in [9.17, 15) is 35.6 Å². The molecule has 0 spiro atoms. The highest BCUT2D eigenvalue weighted by atomic mass is 32.2. The number of amides is 1. The van der Waals surface area contributed by atoms with Gasteiger partial charge in [0.1, 0.15) is 17.0 Å². The molecule has 1 aromatic carbocycles. The van der Waals surface area contributed by atoms with Gasteiger partial charge in [0.25, 0.3) is 0 Å². The van der Waals surface area contributed by atoms with Crippen molar-refractivity contribution in [2.24, 2.45) is 0 Å². The summed E-state index contributed by atoms with van der Waals surface area (Å²) in [5.74, 6) is -2.09. The van der Waals surface area contributed by atoms with Crippen molar-refractivity contribution < 1.29 is 44.1 Å². The molecule has 1 aliphatic rings. The van der Waals surface area contributed by atoms with Crippen LogP contribution in [-0.4, -0.2) is 37.1 Å². The van der Waals surface area contributed by atoms with Crippen molar-refractivity contribution in [1.29, 1.82) is 0 Å². The molecule has 32 heavy (non-hydrogen) atoms. The molecule has 2 heterocycles. The number of benzene rings is 1. The van der Waals surface area contributed by atoms with Crippen LogP contribution in [0.2, 0.25) is 0 Å². The summed E-state index contributed by atoms with van der Waals surface area (Å²) in [7, 11) is -6.06. The molecular weight excluding hydrogens is 462 g/mol. The number of nitrogens with zero attached hydrogens (tertiary/aromatic N) is 1. The van der Waals surface area contributed by atoms with Crippen molar-refractivity contribution in [3.05, 3.63) is 39.0 Å². The summed E-state index contributed by atoms with van der Waals surface area (Å²) in [4.78, 5) is 26.1. The first-order chi connectivity index (χ1) is 14.5. The van der Waals surface area contributed by atoms with Crippen LogP contribution in [0.1, 0.15) is 37.5 Å². The lowest BCUT2D eigenvalue weighted by atomic mass is 9.96. The number of carbonyl (C=O) groups excluding carboxylic acids is 1. The van der Waals surface area contributed by atoms with Crippen LogP contribution in [0.15, 0.2) is 15.3 Å². The zero-order chi connectivity index (χ0) is 24.2. The topological polar surface area (TPSA) is 103 Å². The molecule has 0 unspecified atom stereocenters. The Kier molecular flexibility index (Phi) is 5.69. The highest BCUT2D eigenvalue weighted by Crippen LogP contribution is 2.36. The largest absolute Gasteiger partial charge is 0.534 e. The molecule has 0 aliphatic carbocycles. The molecule has 0 saturated carbocycles. The highest BCUT2D eigenvalue weighted by Gasteiger charge is 2.49. The first kappa shape index (κ1) is 23.8. The minimum Gasteiger partial charge on any atom is -0.444 e. The fourth-order valence-electron chi connectivity index (χ4n) is 3.23. The predicted molar refractivity (Wildman–Crippen MR) is 103 cm³/mol. The molecule has 1 aromatic heterocycles. The number of halogens is 4. The molecule has 2 aromatic rings. The molecule has 1 amide bonds. The van der Waals surface area contributed by atoms with Crippen molar-refractivity contribution in [2.45, 2.75) is 51.8 Å². The molecule has 3 rings (SSSR count). The van der Waals surface area contributed by atoms with E-state index in [0.29, 0.717) is 6.07 Å². The normalized spacial score (nSPS) is 14.9. The Hall–Kier alpha value is -2.83. The second kappa shape index (κ2) is 7.64. The second-order valence-electron chi connectivity index (χ2n) is 8.17. The van der Waals surface area contributed by atoms with E-state index in [2.05, 4.69) is 4.18 Å². The fourth-order valence-corrected chi connectivity index (χ4v) is 3.73. The lowest BCUT2D eigenvalue weighted by Gasteiger charge is -2.31. The number of aryl methyl sites for hydroxylation is 1. The third kappa shape index (κ3) is 4.38. The van der Waals surface area contributed by atoms with E-state index in [0.717, 1.165) is 6.92 Å². The van der Waals surface area contributed by atoms with Gasteiger partial charge >= 0.3 is 27.3 Å². The van der Waals surface area contributed by atoms with E-state index in [1.54, 1.807) is 20.8 Å². The number of alkyl halides is 3. The second-order valence-corrected chi connectivity index (χ2v) is 9.71. The van der Waals surface area contributed by atoms with Gasteiger partial charge in [-0.25, -0.2) is 14.0 Å². The van der Waals surface area contributed by atoms with Gasteiger partial charge in [-0.05, 0) is 39.7 Å². The summed E-state index contributed by atoms with van der Waals surface area (Å²) in [6.07, 6.45) is -0.644. The van der Waals surface area contributed by atoms with Crippen LogP contribution in [0, 0.1) is 12.7 Å². The maximum Gasteiger partial charge on any atom is 0.534 e. The SMILES string of the molecule is Cc1c(OS(=O)(=O)C(F)(F)F)cc(F)c2c3c(c(=O)oc12)CN(C(=O)OC(C)(C)C)CC3. The van der Waals surface area contributed by atoms with Gasteiger partial charge in [0.05, 0.1) is 17.5 Å². The summed E-state index contributed by atoms with van der Waals surface area (Å²) in [6, 6.07) is 0.488. The Morgan fingerprint density at radius 2 is 1.81 bits per heavy atom. The first-order valence-electron chi connectivity index (χ1n) is 9.28. The van der Waals surface area contributed by atoms with Crippen LogP contribution in [0.5, 0.6) is 5.75 Å². The van der Waals surface area contributed by atoms with Gasteiger partial charge < -0.3 is 18.2 Å². The number of ether oxygens (including phenoxy) is 1. The molecule has 0 radical (unpaired) electrons. The van der Waals surface area contributed by atoms with E-state index in [-0.39, 0.29) is 41.6 Å². The fraction of sp³-hybridized carbons (Fsp3) is 0.474. The summed E-state index contributed by atoms with van der Waals surface area (Å²) in [6.45, 7) is 6.00. The number of hydrogen-bond acceptors (Lipinski definition) is 7. The summed E-state index contributed by atoms with van der Waals surface area (Å²) in [5, 5.41) is -0.197. The minimum atomic E-state index is -6.06. The molecule has 13 heteroatoms. The maximum absolute atomic E-state index is 14.9. The Labute approximate surface area is 179 Å². The molecule has 0 fully saturated rings. The van der Waals surface area contributed by atoms with Crippen molar-refractivity contribution in [1.82, 2.24) is 4.90 Å². The molecule has 1 aliphatic heterocycles. The van der Waals surface area contributed by atoms with Gasteiger partial charge in [-0.2, -0.15) is 21.6 Å². The number of carbonyl (C=O) groups is 1. The predicted octanol–water partition coefficient (Wildman–Crippen LogP) is 3.76. The summed E-state index contributed by atoms with van der Waals surface area (Å²) >= 11 is 0. The third-order valence-electron chi connectivity index (χ3n) is 4.66. The van der Waals surface area contributed by atoms with Crippen molar-refractivity contribution >= 4 is 27.2 Å². The van der Waals surface area contributed by atoms with E-state index in [1.165, 1.54) is 4.90 Å². The molecule has 0 N–H and O–H groups in total. The number of fused-ring (bicyclic) bond motifs is 3. The van der Waals surface area contributed by atoms with Crippen LogP contribution in [-0.2, 0) is 27.8 Å². The molecule has 8 nitrogen and oxygen atoms in total. The van der Waals surface area contributed by atoms with Crippen LogP contribution in [0.3, 0.4) is 0 Å². The summed E-state index contributed by atoms with van der Waals surface area (Å²) in [5.41, 5.74) is -7.99. The van der Waals surface area contributed by atoms with Crippen molar-refractivity contribution in [3.8, 4) is 5.75 Å². The Morgan fingerprint density at radius 1 is 1.19 bits per heavy atom. The molecule has 176 valence electrons. The van der Waals surface area contributed by atoms with Gasteiger partial charge in [0, 0.05) is 18.2 Å². The minimum absolute atomic E-state index is 0.00973. The molecule has 0 saturated heterocycles. The van der Waals surface area contributed by atoms with E-state index >= 15 is 0 Å². The Balaban J connectivity index is 2.08. The standard InChI is InChI=1S/C19H19F4NO7S/c1-9-13(31-32(27,28)19(21,22)23)7-12(20)14-10-5-6-24(17(26)30-18(2,3)4)8-11(10)16(25)29-15(9)14/h7H,5-6,8H2,1-4H3. The van der Waals surface area contributed by atoms with Crippen LogP contribution in [0.25, 0.3) is 11.0 Å². The van der Waals surface area contributed by atoms with Crippen molar-refractivity contribution in [2.75, 3.05) is 6.54 Å². The van der Waals surface area contributed by atoms with Crippen LogP contribution < -0.4 is 9.81 Å². The van der Waals surface area contributed by atoms with Gasteiger partial charge in [-0.3, -0.25) is 0 Å². The van der Waals surface area contributed by atoms with Crippen molar-refractivity contribution in [3.63, 3.8) is 0 Å². The average Bonchev–Trinajstić information content (AvgIpc) is 2.63. The zero-order valence-corrected chi connectivity index (χ0v) is 18.2. The van der Waals surface area contributed by atoms with E-state index in [1.807, 2.05) is 0 Å². The smallest absolute Gasteiger partial charge is 0.444 e. The number of rotatable bonds is 2. The van der Waals surface area contributed by atoms with Gasteiger partial charge in [0.2, 0.25) is 0 Å². The lowest BCUT2D eigenvalue weighted by Crippen LogP contribution is -2.41. The first-order valence-corrected chi connectivity index (χ1v) is 10.7. The number of hydrogen-bond donors (Lipinski definition) is 0. The van der Waals surface area contributed by atoms with Crippen LogP contribution >= 0.6 is 0 Å². The zero-order valence-electron chi connectivity index (χ0n) is 17.4. The Morgan fingerprint density at radius 3 is 2.38 bits per heavy atom. The average molecular weight is 481 g/mol. The van der Waals surface area contributed by atoms with E-state index in [4.69, 9.17) is 9.15 Å². The van der Waals surface area contributed by atoms with Gasteiger partial charge in [-0.1, -0.05) is 0 Å². The maximum atomic E-state index is 14.9. The van der Waals surface area contributed by atoms with E-state index < -0.39 is 50.1 Å². The summed E-state index contributed by atoms with van der Waals surface area (Å²) < 4.78 is 89.8. The molecule has 0 bridgehead atoms. The molecular formula is C19H19F4NO7S. The highest BCUT2D eigenvalue weighted by molar-refractivity contribution is 7.88. The van der Waals surface area contributed by atoms with Gasteiger partial charge in [-0.15, -0.1) is 0 Å².